The molecule has 2 aliphatic rings. The maximum absolute atomic E-state index is 12.6. The predicted molar refractivity (Wildman–Crippen MR) is 139 cm³/mol. The molecule has 4 N–H and O–H groups in total. The van der Waals surface area contributed by atoms with E-state index in [4.69, 9.17) is 16.2 Å². The van der Waals surface area contributed by atoms with Gasteiger partial charge in [-0.1, -0.05) is 19.1 Å². The number of ether oxygens (including phenoxy) is 1. The molecule has 10 nitrogen and oxygen atoms in total. The maximum atomic E-state index is 12.6. The topological polar surface area (TPSA) is 142 Å². The van der Waals surface area contributed by atoms with Gasteiger partial charge in [0.15, 0.2) is 0 Å². The lowest BCUT2D eigenvalue weighted by molar-refractivity contribution is -0.125. The molecule has 0 bridgehead atoms. The second-order valence-corrected chi connectivity index (χ2v) is 10.4. The van der Waals surface area contributed by atoms with Gasteiger partial charge in [0.25, 0.3) is 5.78 Å². The third-order valence-electron chi connectivity index (χ3n) is 7.91. The van der Waals surface area contributed by atoms with Crippen molar-refractivity contribution in [3.63, 3.8) is 0 Å². The van der Waals surface area contributed by atoms with Gasteiger partial charge in [-0.2, -0.15) is 14.6 Å². The van der Waals surface area contributed by atoms with Crippen LogP contribution < -0.4 is 21.1 Å². The number of primary amides is 1. The average molecular weight is 506 g/mol. The molecule has 1 fully saturated rings. The average Bonchev–Trinajstić information content (AvgIpc) is 3.51. The monoisotopic (exact) mass is 505 g/mol. The van der Waals surface area contributed by atoms with Crippen molar-refractivity contribution < 1.29 is 14.3 Å². The SMILES string of the molecule is CC1Cc2c(cccc2OCC2CCCN2c2ccnc3ncnn23)CCC1CC(=O)C(N)CC(N)=O. The van der Waals surface area contributed by atoms with Crippen molar-refractivity contribution in [2.24, 2.45) is 23.3 Å². The van der Waals surface area contributed by atoms with Crippen LogP contribution in [0, 0.1) is 11.8 Å². The van der Waals surface area contributed by atoms with Crippen LogP contribution in [0.3, 0.4) is 0 Å². The van der Waals surface area contributed by atoms with Crippen molar-refractivity contribution in [2.75, 3.05) is 18.1 Å². The van der Waals surface area contributed by atoms with E-state index in [0.29, 0.717) is 18.8 Å². The zero-order valence-corrected chi connectivity index (χ0v) is 21.3. The Morgan fingerprint density at radius 1 is 1.22 bits per heavy atom. The van der Waals surface area contributed by atoms with E-state index in [2.05, 4.69) is 45.1 Å². The van der Waals surface area contributed by atoms with Gasteiger partial charge in [-0.05, 0) is 67.2 Å². The van der Waals surface area contributed by atoms with Gasteiger partial charge in [-0.25, -0.2) is 4.98 Å². The molecule has 1 aliphatic heterocycles. The molecule has 4 unspecified atom stereocenters. The van der Waals surface area contributed by atoms with E-state index in [9.17, 15) is 9.59 Å². The fourth-order valence-electron chi connectivity index (χ4n) is 5.81. The van der Waals surface area contributed by atoms with Crippen LogP contribution in [0.5, 0.6) is 5.75 Å². The van der Waals surface area contributed by atoms with Crippen LogP contribution in [0.1, 0.15) is 50.2 Å². The molecule has 2 aromatic heterocycles. The Balaban J connectivity index is 1.26. The number of Topliss-reactive ketones (excluding diaryl/α,β-unsaturated/α-hetero) is 1. The smallest absolute Gasteiger partial charge is 0.254 e. The first-order chi connectivity index (χ1) is 17.9. The molecule has 4 atom stereocenters. The normalized spacial score (nSPS) is 22.4. The number of ketones is 1. The minimum atomic E-state index is -0.817. The van der Waals surface area contributed by atoms with E-state index in [-0.39, 0.29) is 30.1 Å². The summed E-state index contributed by atoms with van der Waals surface area (Å²) in [5.74, 6) is 2.36. The van der Waals surface area contributed by atoms with Gasteiger partial charge in [-0.3, -0.25) is 9.59 Å². The largest absolute Gasteiger partial charge is 0.491 e. The van der Waals surface area contributed by atoms with E-state index in [0.717, 1.165) is 50.2 Å². The first-order valence-electron chi connectivity index (χ1n) is 13.1. The number of carbonyl (C=O) groups excluding carboxylic acids is 2. The minimum absolute atomic E-state index is 0.0861. The van der Waals surface area contributed by atoms with Gasteiger partial charge in [0.1, 0.15) is 30.3 Å². The molecule has 3 heterocycles. The molecule has 3 aromatic rings. The molecule has 1 aromatic carbocycles. The molecule has 5 rings (SSSR count). The summed E-state index contributed by atoms with van der Waals surface area (Å²) in [7, 11) is 0. The summed E-state index contributed by atoms with van der Waals surface area (Å²) in [6.45, 7) is 3.70. The van der Waals surface area contributed by atoms with E-state index < -0.39 is 11.9 Å². The highest BCUT2D eigenvalue weighted by Crippen LogP contribution is 2.36. The Morgan fingerprint density at radius 2 is 2.08 bits per heavy atom. The van der Waals surface area contributed by atoms with Gasteiger partial charge in [0.2, 0.25) is 5.91 Å². The summed E-state index contributed by atoms with van der Waals surface area (Å²) in [4.78, 5) is 34.6. The Morgan fingerprint density at radius 3 is 2.92 bits per heavy atom. The zero-order chi connectivity index (χ0) is 25.9. The van der Waals surface area contributed by atoms with Crippen LogP contribution in [0.25, 0.3) is 5.78 Å². The maximum Gasteiger partial charge on any atom is 0.254 e. The van der Waals surface area contributed by atoms with Crippen molar-refractivity contribution in [1.29, 1.82) is 0 Å². The lowest BCUT2D eigenvalue weighted by Gasteiger charge is -2.27. The summed E-state index contributed by atoms with van der Waals surface area (Å²) in [5, 5.41) is 4.35. The highest BCUT2D eigenvalue weighted by Gasteiger charge is 2.30. The lowest BCUT2D eigenvalue weighted by Crippen LogP contribution is -2.36. The highest BCUT2D eigenvalue weighted by atomic mass is 16.5. The van der Waals surface area contributed by atoms with Crippen molar-refractivity contribution in [3.05, 3.63) is 47.9 Å². The Hall–Kier alpha value is -3.53. The van der Waals surface area contributed by atoms with Crippen LogP contribution in [0.15, 0.2) is 36.8 Å². The third-order valence-corrected chi connectivity index (χ3v) is 7.91. The number of aromatic nitrogens is 4. The number of nitrogens with two attached hydrogens (primary N) is 2. The second-order valence-electron chi connectivity index (χ2n) is 10.4. The van der Waals surface area contributed by atoms with E-state index in [1.807, 2.05) is 6.07 Å². The van der Waals surface area contributed by atoms with Crippen molar-refractivity contribution in [3.8, 4) is 5.75 Å². The number of hydrogen-bond donors (Lipinski definition) is 2. The third kappa shape index (κ3) is 5.44. The predicted octanol–water partition coefficient (Wildman–Crippen LogP) is 2.08. The number of amides is 1. The molecule has 0 saturated carbocycles. The van der Waals surface area contributed by atoms with Gasteiger partial charge in [0, 0.05) is 25.6 Å². The fourth-order valence-corrected chi connectivity index (χ4v) is 5.81. The first kappa shape index (κ1) is 25.1. The molecule has 0 radical (unpaired) electrons. The molecule has 37 heavy (non-hydrogen) atoms. The molecule has 1 aliphatic carbocycles. The summed E-state index contributed by atoms with van der Waals surface area (Å²) >= 11 is 0. The highest BCUT2D eigenvalue weighted by molar-refractivity contribution is 5.89. The van der Waals surface area contributed by atoms with Crippen LogP contribution >= 0.6 is 0 Å². The number of rotatable bonds is 9. The lowest BCUT2D eigenvalue weighted by atomic mass is 9.83. The van der Waals surface area contributed by atoms with Crippen LogP contribution in [-0.2, 0) is 22.4 Å². The van der Waals surface area contributed by atoms with Gasteiger partial charge >= 0.3 is 0 Å². The minimum Gasteiger partial charge on any atom is -0.491 e. The number of hydrogen-bond acceptors (Lipinski definition) is 8. The molecule has 196 valence electrons. The van der Waals surface area contributed by atoms with Gasteiger partial charge in [0.05, 0.1) is 12.1 Å². The molecule has 1 amide bonds. The van der Waals surface area contributed by atoms with Crippen LogP contribution in [0.4, 0.5) is 5.82 Å². The number of benzene rings is 1. The summed E-state index contributed by atoms with van der Waals surface area (Å²) in [6.07, 6.45) is 8.33. The molecular weight excluding hydrogens is 470 g/mol. The zero-order valence-electron chi connectivity index (χ0n) is 21.3. The number of fused-ring (bicyclic) bond motifs is 2. The second kappa shape index (κ2) is 10.8. The fraction of sp³-hybridized carbons (Fsp3) is 0.519. The number of nitrogens with zero attached hydrogens (tertiary/aromatic N) is 5. The Labute approximate surface area is 216 Å². The van der Waals surface area contributed by atoms with Crippen LogP contribution in [-0.4, -0.2) is 56.5 Å². The Bertz CT molecular complexity index is 1280. The van der Waals surface area contributed by atoms with Crippen molar-refractivity contribution in [2.45, 2.75) is 64.0 Å². The number of carbonyl (C=O) groups is 2. The van der Waals surface area contributed by atoms with E-state index in [1.165, 1.54) is 17.5 Å². The van der Waals surface area contributed by atoms with Crippen molar-refractivity contribution in [1.82, 2.24) is 19.6 Å². The van der Waals surface area contributed by atoms with Gasteiger partial charge in [-0.15, -0.1) is 0 Å². The summed E-state index contributed by atoms with van der Waals surface area (Å²) < 4.78 is 8.28. The Kier molecular flexibility index (Phi) is 7.36. The number of anilines is 1. The van der Waals surface area contributed by atoms with Crippen molar-refractivity contribution >= 4 is 23.3 Å². The number of aryl methyl sites for hydroxylation is 1. The molecule has 10 heteroatoms. The van der Waals surface area contributed by atoms with E-state index in [1.54, 1.807) is 10.7 Å². The summed E-state index contributed by atoms with van der Waals surface area (Å²) in [6, 6.07) is 7.67. The quantitative estimate of drug-likeness (QED) is 0.421. The van der Waals surface area contributed by atoms with Crippen LogP contribution in [0.2, 0.25) is 0 Å². The van der Waals surface area contributed by atoms with Gasteiger partial charge < -0.3 is 21.1 Å². The molecule has 0 spiro atoms. The first-order valence-corrected chi connectivity index (χ1v) is 13.1. The summed E-state index contributed by atoms with van der Waals surface area (Å²) in [5.41, 5.74) is 13.7. The molecule has 1 saturated heterocycles. The van der Waals surface area contributed by atoms with E-state index >= 15 is 0 Å². The molecular formula is C27H35N7O3. The standard InChI is InChI=1S/C27H35N7O3/c1-17-12-21-18(7-8-19(17)13-23(35)22(28)14-25(29)36)4-2-6-24(21)37-15-20-5-3-11-33(20)26-9-10-30-27-31-16-32-34(26)27/h2,4,6,9-10,16-17,19-20,22H,3,5,7-8,11-15,28H2,1H3,(H2,29,36).